The van der Waals surface area contributed by atoms with Gasteiger partial charge in [-0.15, -0.1) is 0 Å². The van der Waals surface area contributed by atoms with E-state index in [9.17, 15) is 4.79 Å². The van der Waals surface area contributed by atoms with Gasteiger partial charge in [-0.1, -0.05) is 0 Å². The second-order valence-corrected chi connectivity index (χ2v) is 5.75. The summed E-state index contributed by atoms with van der Waals surface area (Å²) in [6.07, 6.45) is 6.09. The maximum atomic E-state index is 12.0. The average Bonchev–Trinajstić information content (AvgIpc) is 2.98. The Morgan fingerprint density at radius 3 is 3.11 bits per heavy atom. The predicted octanol–water partition coefficient (Wildman–Crippen LogP) is 2.41. The molecule has 1 fully saturated rings. The zero-order valence-corrected chi connectivity index (χ0v) is 11.8. The highest BCUT2D eigenvalue weighted by atomic mass is 79.9. The fourth-order valence-corrected chi connectivity index (χ4v) is 3.35. The zero-order chi connectivity index (χ0) is 12.7. The molecule has 2 N–H and O–H groups in total. The number of pyridine rings is 1. The monoisotopic (exact) mass is 309 g/mol. The van der Waals surface area contributed by atoms with Crippen molar-refractivity contribution in [2.75, 3.05) is 6.54 Å². The number of aromatic nitrogens is 2. The first kappa shape index (κ1) is 12.0. The van der Waals surface area contributed by atoms with Crippen LogP contribution in [-0.2, 0) is 0 Å². The van der Waals surface area contributed by atoms with Crippen LogP contribution in [0.3, 0.4) is 0 Å². The van der Waals surface area contributed by atoms with Crippen molar-refractivity contribution < 1.29 is 0 Å². The van der Waals surface area contributed by atoms with E-state index in [1.165, 1.54) is 12.8 Å². The SMILES string of the molecule is C[C@@H]([C@@H]1CCCN1)n1cc(Br)c2cc[nH]c(=O)c21. The molecule has 0 aliphatic carbocycles. The highest BCUT2D eigenvalue weighted by Gasteiger charge is 2.24. The summed E-state index contributed by atoms with van der Waals surface area (Å²) in [5, 5.41) is 4.48. The molecule has 4 nitrogen and oxygen atoms in total. The van der Waals surface area contributed by atoms with Gasteiger partial charge in [0.15, 0.2) is 0 Å². The summed E-state index contributed by atoms with van der Waals surface area (Å²) in [7, 11) is 0. The number of H-pyrrole nitrogens is 1. The van der Waals surface area contributed by atoms with Crippen LogP contribution in [-0.4, -0.2) is 22.1 Å². The van der Waals surface area contributed by atoms with Crippen molar-refractivity contribution in [1.29, 1.82) is 0 Å². The number of fused-ring (bicyclic) bond motifs is 1. The van der Waals surface area contributed by atoms with Crippen LogP contribution in [0.5, 0.6) is 0 Å². The first-order valence-corrected chi connectivity index (χ1v) is 7.09. The zero-order valence-electron chi connectivity index (χ0n) is 10.2. The molecule has 1 saturated heterocycles. The van der Waals surface area contributed by atoms with Crippen LogP contribution in [0.15, 0.2) is 27.7 Å². The molecule has 3 rings (SSSR count). The van der Waals surface area contributed by atoms with E-state index < -0.39 is 0 Å². The second-order valence-electron chi connectivity index (χ2n) is 4.90. The quantitative estimate of drug-likeness (QED) is 0.895. The number of aromatic amines is 1. The maximum Gasteiger partial charge on any atom is 0.272 e. The first-order chi connectivity index (χ1) is 8.68. The fraction of sp³-hybridized carbons (Fsp3) is 0.462. The summed E-state index contributed by atoms with van der Waals surface area (Å²) in [6.45, 7) is 3.24. The third-order valence-electron chi connectivity index (χ3n) is 3.82. The van der Waals surface area contributed by atoms with Crippen molar-refractivity contribution in [3.63, 3.8) is 0 Å². The molecule has 0 aromatic carbocycles. The van der Waals surface area contributed by atoms with Gasteiger partial charge >= 0.3 is 0 Å². The molecular formula is C13H16BrN3O. The van der Waals surface area contributed by atoms with E-state index in [4.69, 9.17) is 0 Å². The van der Waals surface area contributed by atoms with Gasteiger partial charge in [0.25, 0.3) is 5.56 Å². The Kier molecular flexibility index (Phi) is 3.03. The molecule has 0 saturated carbocycles. The number of hydrogen-bond acceptors (Lipinski definition) is 2. The van der Waals surface area contributed by atoms with Crippen molar-refractivity contribution in [2.24, 2.45) is 0 Å². The van der Waals surface area contributed by atoms with Gasteiger partial charge in [-0.2, -0.15) is 0 Å². The third-order valence-corrected chi connectivity index (χ3v) is 4.45. The van der Waals surface area contributed by atoms with Crippen molar-refractivity contribution in [1.82, 2.24) is 14.9 Å². The molecule has 1 aliphatic heterocycles. The largest absolute Gasteiger partial charge is 0.337 e. The van der Waals surface area contributed by atoms with Gasteiger partial charge < -0.3 is 14.9 Å². The van der Waals surface area contributed by atoms with Crippen LogP contribution in [0.2, 0.25) is 0 Å². The van der Waals surface area contributed by atoms with Crippen LogP contribution in [0.25, 0.3) is 10.9 Å². The third kappa shape index (κ3) is 1.82. The van der Waals surface area contributed by atoms with Gasteiger partial charge in [-0.25, -0.2) is 0 Å². The van der Waals surface area contributed by atoms with E-state index in [0.29, 0.717) is 6.04 Å². The van der Waals surface area contributed by atoms with Gasteiger partial charge in [-0.3, -0.25) is 4.79 Å². The Morgan fingerprint density at radius 1 is 1.56 bits per heavy atom. The van der Waals surface area contributed by atoms with Gasteiger partial charge in [0, 0.05) is 34.3 Å². The lowest BCUT2D eigenvalue weighted by atomic mass is 10.1. The lowest BCUT2D eigenvalue weighted by molar-refractivity contribution is 0.418. The lowest BCUT2D eigenvalue weighted by Gasteiger charge is -2.21. The van der Waals surface area contributed by atoms with E-state index in [1.807, 2.05) is 12.3 Å². The summed E-state index contributed by atoms with van der Waals surface area (Å²) in [5.41, 5.74) is 0.730. The Hall–Kier alpha value is -1.07. The molecule has 18 heavy (non-hydrogen) atoms. The molecule has 0 radical (unpaired) electrons. The first-order valence-electron chi connectivity index (χ1n) is 6.29. The van der Waals surface area contributed by atoms with E-state index in [1.54, 1.807) is 6.20 Å². The van der Waals surface area contributed by atoms with Crippen LogP contribution < -0.4 is 10.9 Å². The number of rotatable bonds is 2. The van der Waals surface area contributed by atoms with Crippen molar-refractivity contribution in [2.45, 2.75) is 31.8 Å². The Labute approximate surface area is 114 Å². The molecular weight excluding hydrogens is 294 g/mol. The molecule has 0 spiro atoms. The van der Waals surface area contributed by atoms with E-state index in [0.717, 1.165) is 21.9 Å². The molecule has 2 atom stereocenters. The van der Waals surface area contributed by atoms with Gasteiger partial charge in [0.2, 0.25) is 0 Å². The second kappa shape index (κ2) is 4.55. The highest BCUT2D eigenvalue weighted by Crippen LogP contribution is 2.29. The highest BCUT2D eigenvalue weighted by molar-refractivity contribution is 9.10. The topological polar surface area (TPSA) is 49.8 Å². The molecule has 0 amide bonds. The van der Waals surface area contributed by atoms with Crippen molar-refractivity contribution >= 4 is 26.8 Å². The van der Waals surface area contributed by atoms with Crippen LogP contribution in [0, 0.1) is 0 Å². The van der Waals surface area contributed by atoms with Crippen LogP contribution in [0.4, 0.5) is 0 Å². The Bertz CT molecular complexity index is 625. The number of halogens is 1. The normalized spacial score (nSPS) is 21.6. The molecule has 0 unspecified atom stereocenters. The summed E-state index contributed by atoms with van der Waals surface area (Å²) >= 11 is 3.53. The molecule has 2 aromatic rings. The summed E-state index contributed by atoms with van der Waals surface area (Å²) in [5.74, 6) is 0. The molecule has 0 bridgehead atoms. The predicted molar refractivity (Wildman–Crippen MR) is 76.0 cm³/mol. The van der Waals surface area contributed by atoms with Gasteiger partial charge in [0.1, 0.15) is 5.52 Å². The summed E-state index contributed by atoms with van der Waals surface area (Å²) < 4.78 is 3.06. The summed E-state index contributed by atoms with van der Waals surface area (Å²) in [6, 6.07) is 2.67. The van der Waals surface area contributed by atoms with Crippen molar-refractivity contribution in [3.05, 3.63) is 33.3 Å². The van der Waals surface area contributed by atoms with Gasteiger partial charge in [-0.05, 0) is 48.3 Å². The number of nitrogens with zero attached hydrogens (tertiary/aromatic N) is 1. The number of nitrogens with one attached hydrogen (secondary N) is 2. The molecule has 96 valence electrons. The minimum absolute atomic E-state index is 0.0250. The molecule has 1 aliphatic rings. The van der Waals surface area contributed by atoms with E-state index in [2.05, 4.69) is 37.7 Å². The van der Waals surface area contributed by atoms with Crippen LogP contribution in [0.1, 0.15) is 25.8 Å². The van der Waals surface area contributed by atoms with E-state index >= 15 is 0 Å². The van der Waals surface area contributed by atoms with E-state index in [-0.39, 0.29) is 11.6 Å². The Balaban J connectivity index is 2.14. The molecule has 2 aromatic heterocycles. The molecule has 5 heteroatoms. The fourth-order valence-electron chi connectivity index (χ4n) is 2.81. The lowest BCUT2D eigenvalue weighted by Crippen LogP contribution is -2.31. The average molecular weight is 310 g/mol. The van der Waals surface area contributed by atoms with Gasteiger partial charge in [0.05, 0.1) is 0 Å². The molecule has 3 heterocycles. The summed E-state index contributed by atoms with van der Waals surface area (Å²) in [4.78, 5) is 14.8. The smallest absolute Gasteiger partial charge is 0.272 e. The Morgan fingerprint density at radius 2 is 2.39 bits per heavy atom. The van der Waals surface area contributed by atoms with Crippen LogP contribution >= 0.6 is 15.9 Å². The number of hydrogen-bond donors (Lipinski definition) is 2. The maximum absolute atomic E-state index is 12.0. The van der Waals surface area contributed by atoms with Crippen molar-refractivity contribution in [3.8, 4) is 0 Å². The minimum Gasteiger partial charge on any atom is -0.337 e. The minimum atomic E-state index is -0.0250. The standard InChI is InChI=1S/C13H16BrN3O/c1-8(11-3-2-5-15-11)17-7-10(14)9-4-6-16-13(18)12(9)17/h4,6-8,11,15H,2-3,5H2,1H3,(H,16,18)/t8-,11-/m0/s1.